The van der Waals surface area contributed by atoms with Crippen molar-refractivity contribution in [3.8, 4) is 0 Å². The van der Waals surface area contributed by atoms with Gasteiger partial charge in [-0.05, 0) is 35.9 Å². The zero-order valence-corrected chi connectivity index (χ0v) is 13.1. The van der Waals surface area contributed by atoms with Gasteiger partial charge in [-0.2, -0.15) is 0 Å². The van der Waals surface area contributed by atoms with Crippen LogP contribution in [0.3, 0.4) is 0 Å². The number of carbonyl (C=O) groups is 1. The zero-order chi connectivity index (χ0) is 15.5. The number of aromatic nitrogens is 1. The van der Waals surface area contributed by atoms with E-state index in [9.17, 15) is 9.90 Å². The minimum atomic E-state index is -0.966. The topological polar surface area (TPSA) is 50.2 Å². The molecular weight excluding hydrogens is 342 g/mol. The van der Waals surface area contributed by atoms with Crippen molar-refractivity contribution < 1.29 is 9.90 Å². The van der Waals surface area contributed by atoms with Crippen molar-refractivity contribution in [2.75, 3.05) is 0 Å². The Labute approximate surface area is 136 Å². The number of rotatable bonds is 3. The Hall–Kier alpha value is -2.46. The highest BCUT2D eigenvalue weighted by molar-refractivity contribution is 9.10. The van der Waals surface area contributed by atoms with E-state index >= 15 is 0 Å². The van der Waals surface area contributed by atoms with Crippen LogP contribution < -0.4 is 0 Å². The number of carboxylic acid groups (broad SMARTS) is 1. The Balaban J connectivity index is 2.01. The second-order valence-electron chi connectivity index (χ2n) is 4.81. The van der Waals surface area contributed by atoms with Crippen molar-refractivity contribution >= 4 is 45.0 Å². The molecule has 4 heteroatoms. The third-order valence-corrected chi connectivity index (χ3v) is 3.76. The van der Waals surface area contributed by atoms with Gasteiger partial charge < -0.3 is 5.11 Å². The normalized spacial score (nSPS) is 11.1. The summed E-state index contributed by atoms with van der Waals surface area (Å²) in [4.78, 5) is 15.7. The van der Waals surface area contributed by atoms with Crippen LogP contribution in [-0.4, -0.2) is 16.1 Å². The first-order chi connectivity index (χ1) is 10.6. The molecule has 0 saturated carbocycles. The molecule has 0 aliphatic rings. The largest absolute Gasteiger partial charge is 0.478 e. The molecule has 3 rings (SSSR count). The molecule has 108 valence electrons. The zero-order valence-electron chi connectivity index (χ0n) is 11.5. The van der Waals surface area contributed by atoms with Gasteiger partial charge in [0.2, 0.25) is 0 Å². The third-order valence-electron chi connectivity index (χ3n) is 3.27. The van der Waals surface area contributed by atoms with Crippen molar-refractivity contribution in [1.82, 2.24) is 4.98 Å². The van der Waals surface area contributed by atoms with Crippen molar-refractivity contribution in [2.45, 2.75) is 0 Å². The fourth-order valence-corrected chi connectivity index (χ4v) is 2.64. The molecule has 0 unspecified atom stereocenters. The summed E-state index contributed by atoms with van der Waals surface area (Å²) in [6.45, 7) is 0. The average molecular weight is 354 g/mol. The molecule has 0 aliphatic carbocycles. The van der Waals surface area contributed by atoms with Gasteiger partial charge in [0.1, 0.15) is 0 Å². The standard InChI is InChI=1S/C18H12BrNO2/c19-14-5-1-3-12(11-14)7-9-15-10-8-13-4-2-6-16(18(21)22)17(13)20-15/h1-11H,(H,21,22). The summed E-state index contributed by atoms with van der Waals surface area (Å²) >= 11 is 3.43. The first kappa shape index (κ1) is 14.5. The Bertz CT molecular complexity index is 887. The average Bonchev–Trinajstić information content (AvgIpc) is 2.52. The number of fused-ring (bicyclic) bond motifs is 1. The van der Waals surface area contributed by atoms with Crippen LogP contribution in [0.4, 0.5) is 0 Å². The van der Waals surface area contributed by atoms with Crippen LogP contribution in [0, 0.1) is 0 Å². The maximum atomic E-state index is 11.3. The van der Waals surface area contributed by atoms with Gasteiger partial charge in [-0.15, -0.1) is 0 Å². The minimum absolute atomic E-state index is 0.218. The lowest BCUT2D eigenvalue weighted by atomic mass is 10.1. The van der Waals surface area contributed by atoms with Crippen LogP contribution in [0.2, 0.25) is 0 Å². The molecule has 3 aromatic rings. The van der Waals surface area contributed by atoms with Gasteiger partial charge in [-0.25, -0.2) is 9.78 Å². The molecule has 3 nitrogen and oxygen atoms in total. The Morgan fingerprint density at radius 3 is 2.64 bits per heavy atom. The van der Waals surface area contributed by atoms with Gasteiger partial charge in [0, 0.05) is 9.86 Å². The molecule has 0 radical (unpaired) electrons. The molecule has 0 bridgehead atoms. The molecule has 0 spiro atoms. The van der Waals surface area contributed by atoms with Crippen LogP contribution in [0.1, 0.15) is 21.6 Å². The van der Waals surface area contributed by atoms with Crippen LogP contribution in [-0.2, 0) is 0 Å². The predicted octanol–water partition coefficient (Wildman–Crippen LogP) is 4.87. The maximum Gasteiger partial charge on any atom is 0.337 e. The lowest BCUT2D eigenvalue weighted by molar-refractivity contribution is 0.0699. The van der Waals surface area contributed by atoms with Gasteiger partial charge in [0.25, 0.3) is 0 Å². The molecule has 0 aliphatic heterocycles. The van der Waals surface area contributed by atoms with Crippen LogP contribution >= 0.6 is 15.9 Å². The molecule has 0 saturated heterocycles. The minimum Gasteiger partial charge on any atom is -0.478 e. The first-order valence-electron chi connectivity index (χ1n) is 6.70. The maximum absolute atomic E-state index is 11.3. The van der Waals surface area contributed by atoms with E-state index in [0.717, 1.165) is 21.1 Å². The number of aromatic carboxylic acids is 1. The Morgan fingerprint density at radius 1 is 1.05 bits per heavy atom. The Kier molecular flexibility index (Phi) is 4.02. The quantitative estimate of drug-likeness (QED) is 0.730. The highest BCUT2D eigenvalue weighted by atomic mass is 79.9. The summed E-state index contributed by atoms with van der Waals surface area (Å²) in [6, 6.07) is 16.8. The molecule has 1 aromatic heterocycles. The molecular formula is C18H12BrNO2. The van der Waals surface area contributed by atoms with E-state index in [1.54, 1.807) is 12.1 Å². The van der Waals surface area contributed by atoms with Crippen molar-refractivity contribution in [3.63, 3.8) is 0 Å². The molecule has 1 N–H and O–H groups in total. The highest BCUT2D eigenvalue weighted by Gasteiger charge is 2.09. The van der Waals surface area contributed by atoms with E-state index in [1.807, 2.05) is 54.6 Å². The van der Waals surface area contributed by atoms with E-state index in [2.05, 4.69) is 20.9 Å². The SMILES string of the molecule is O=C(O)c1cccc2ccc(C=Cc3cccc(Br)c3)nc12. The molecule has 2 aromatic carbocycles. The summed E-state index contributed by atoms with van der Waals surface area (Å²) in [7, 11) is 0. The smallest absolute Gasteiger partial charge is 0.337 e. The number of hydrogen-bond acceptors (Lipinski definition) is 2. The van der Waals surface area contributed by atoms with Gasteiger partial charge in [0.05, 0.1) is 16.8 Å². The lowest BCUT2D eigenvalue weighted by Gasteiger charge is -2.03. The Morgan fingerprint density at radius 2 is 1.86 bits per heavy atom. The third kappa shape index (κ3) is 3.07. The molecule has 22 heavy (non-hydrogen) atoms. The summed E-state index contributed by atoms with van der Waals surface area (Å²) < 4.78 is 1.01. The van der Waals surface area contributed by atoms with Crippen LogP contribution in [0.15, 0.2) is 59.1 Å². The second-order valence-corrected chi connectivity index (χ2v) is 5.72. The van der Waals surface area contributed by atoms with Crippen molar-refractivity contribution in [3.05, 3.63) is 75.9 Å². The van der Waals surface area contributed by atoms with Gasteiger partial charge >= 0.3 is 5.97 Å². The fraction of sp³-hybridized carbons (Fsp3) is 0. The molecule has 0 amide bonds. The van der Waals surface area contributed by atoms with E-state index in [0.29, 0.717) is 5.52 Å². The van der Waals surface area contributed by atoms with Gasteiger partial charge in [-0.3, -0.25) is 0 Å². The molecule has 1 heterocycles. The summed E-state index contributed by atoms with van der Waals surface area (Å²) in [5, 5.41) is 10.1. The summed E-state index contributed by atoms with van der Waals surface area (Å²) in [5.74, 6) is -0.966. The van der Waals surface area contributed by atoms with Crippen LogP contribution in [0.5, 0.6) is 0 Å². The molecule has 0 atom stereocenters. The number of carboxylic acids is 1. The van der Waals surface area contributed by atoms with Gasteiger partial charge in [-0.1, -0.05) is 52.3 Å². The fourth-order valence-electron chi connectivity index (χ4n) is 2.22. The van der Waals surface area contributed by atoms with E-state index < -0.39 is 5.97 Å². The second kappa shape index (κ2) is 6.12. The van der Waals surface area contributed by atoms with Gasteiger partial charge in [0.15, 0.2) is 0 Å². The van der Waals surface area contributed by atoms with E-state index in [-0.39, 0.29) is 5.56 Å². The van der Waals surface area contributed by atoms with Crippen molar-refractivity contribution in [1.29, 1.82) is 0 Å². The summed E-state index contributed by atoms with van der Waals surface area (Å²) in [5.41, 5.74) is 2.49. The van der Waals surface area contributed by atoms with Crippen molar-refractivity contribution in [2.24, 2.45) is 0 Å². The predicted molar refractivity (Wildman–Crippen MR) is 91.8 cm³/mol. The number of pyridine rings is 1. The number of benzene rings is 2. The monoisotopic (exact) mass is 353 g/mol. The number of halogens is 1. The lowest BCUT2D eigenvalue weighted by Crippen LogP contribution is -1.99. The van der Waals surface area contributed by atoms with E-state index in [1.165, 1.54) is 0 Å². The molecule has 0 fully saturated rings. The highest BCUT2D eigenvalue weighted by Crippen LogP contribution is 2.19. The summed E-state index contributed by atoms with van der Waals surface area (Å²) in [6.07, 6.45) is 3.82. The number of nitrogens with zero attached hydrogens (tertiary/aromatic N) is 1. The first-order valence-corrected chi connectivity index (χ1v) is 7.49. The van der Waals surface area contributed by atoms with E-state index in [4.69, 9.17) is 0 Å². The van der Waals surface area contributed by atoms with Crippen LogP contribution in [0.25, 0.3) is 23.1 Å². The number of hydrogen-bond donors (Lipinski definition) is 1. The number of para-hydroxylation sites is 1.